The van der Waals surface area contributed by atoms with Crippen LogP contribution in [0.15, 0.2) is 24.3 Å². The minimum atomic E-state index is -0.509. The maximum absolute atomic E-state index is 12.9. The lowest BCUT2D eigenvalue weighted by molar-refractivity contribution is -0.139. The van der Waals surface area contributed by atoms with Gasteiger partial charge < -0.3 is 14.5 Å². The average molecular weight is 327 g/mol. The molecule has 2 aliphatic rings. The molecule has 2 aliphatic heterocycles. The van der Waals surface area contributed by atoms with Crippen molar-refractivity contribution < 1.29 is 9.53 Å². The van der Waals surface area contributed by atoms with Gasteiger partial charge in [-0.2, -0.15) is 5.26 Å². The third kappa shape index (κ3) is 3.39. The van der Waals surface area contributed by atoms with Crippen LogP contribution in [0.1, 0.15) is 38.2 Å². The van der Waals surface area contributed by atoms with Gasteiger partial charge in [-0.25, -0.2) is 0 Å². The Labute approximate surface area is 143 Å². The lowest BCUT2D eigenvalue weighted by Crippen LogP contribution is -2.50. The zero-order valence-corrected chi connectivity index (χ0v) is 14.4. The van der Waals surface area contributed by atoms with Crippen LogP contribution in [0, 0.1) is 11.3 Å². The second-order valence-electron chi connectivity index (χ2n) is 6.83. The van der Waals surface area contributed by atoms with Gasteiger partial charge in [-0.1, -0.05) is 0 Å². The van der Waals surface area contributed by atoms with E-state index in [9.17, 15) is 4.79 Å². The summed E-state index contributed by atoms with van der Waals surface area (Å²) in [6.07, 6.45) is 4.05. The van der Waals surface area contributed by atoms with Crippen molar-refractivity contribution in [3.05, 3.63) is 29.8 Å². The first-order chi connectivity index (χ1) is 11.6. The smallest absolute Gasteiger partial charge is 0.263 e. The predicted octanol–water partition coefficient (Wildman–Crippen LogP) is 2.41. The summed E-state index contributed by atoms with van der Waals surface area (Å²) in [5, 5.41) is 8.84. The fourth-order valence-corrected chi connectivity index (χ4v) is 3.98. The summed E-state index contributed by atoms with van der Waals surface area (Å²) in [6, 6.07) is 9.79. The fraction of sp³-hybridized carbons (Fsp3) is 0.579. The molecule has 1 aromatic rings. The van der Waals surface area contributed by atoms with E-state index in [1.54, 1.807) is 24.3 Å². The number of amides is 1. The monoisotopic (exact) mass is 327 g/mol. The Morgan fingerprint density at radius 1 is 1.21 bits per heavy atom. The molecule has 0 radical (unpaired) electrons. The number of carbonyl (C=O) groups excluding carboxylic acids is 1. The van der Waals surface area contributed by atoms with Crippen molar-refractivity contribution >= 4 is 5.91 Å². The van der Waals surface area contributed by atoms with Gasteiger partial charge >= 0.3 is 0 Å². The molecule has 24 heavy (non-hydrogen) atoms. The topological polar surface area (TPSA) is 56.6 Å². The molecule has 3 atom stereocenters. The summed E-state index contributed by atoms with van der Waals surface area (Å²) >= 11 is 0. The highest BCUT2D eigenvalue weighted by Crippen LogP contribution is 2.29. The average Bonchev–Trinajstić information content (AvgIpc) is 3.23. The number of likely N-dealkylation sites (tertiary alicyclic amines) is 2. The molecule has 5 heteroatoms. The van der Waals surface area contributed by atoms with Crippen molar-refractivity contribution in [2.75, 3.05) is 20.1 Å². The Kier molecular flexibility index (Phi) is 5.06. The van der Waals surface area contributed by atoms with E-state index in [0.717, 1.165) is 25.9 Å². The van der Waals surface area contributed by atoms with E-state index in [0.29, 0.717) is 23.4 Å². The number of nitriles is 1. The van der Waals surface area contributed by atoms with Gasteiger partial charge in [-0.3, -0.25) is 4.79 Å². The van der Waals surface area contributed by atoms with Crippen LogP contribution in [0.4, 0.5) is 0 Å². The molecule has 1 amide bonds. The largest absolute Gasteiger partial charge is 0.481 e. The molecule has 0 bridgehead atoms. The number of rotatable bonds is 4. The van der Waals surface area contributed by atoms with E-state index in [-0.39, 0.29) is 5.91 Å². The maximum Gasteiger partial charge on any atom is 0.263 e. The van der Waals surface area contributed by atoms with Crippen molar-refractivity contribution in [1.82, 2.24) is 9.80 Å². The number of hydrogen-bond acceptors (Lipinski definition) is 4. The molecule has 1 aromatic carbocycles. The molecular weight excluding hydrogens is 302 g/mol. The third-order valence-electron chi connectivity index (χ3n) is 5.25. The number of likely N-dealkylation sites (N-methyl/N-ethyl adjacent to an activating group) is 1. The second-order valence-corrected chi connectivity index (χ2v) is 6.83. The highest BCUT2D eigenvalue weighted by Gasteiger charge is 2.39. The van der Waals surface area contributed by atoms with Crippen LogP contribution in [0.3, 0.4) is 0 Å². The first-order valence-electron chi connectivity index (χ1n) is 8.77. The quantitative estimate of drug-likeness (QED) is 0.852. The van der Waals surface area contributed by atoms with E-state index in [1.165, 1.54) is 12.8 Å². The zero-order valence-electron chi connectivity index (χ0n) is 14.4. The van der Waals surface area contributed by atoms with Crippen LogP contribution in [0.2, 0.25) is 0 Å². The van der Waals surface area contributed by atoms with Crippen LogP contribution in [0.25, 0.3) is 0 Å². The summed E-state index contributed by atoms with van der Waals surface area (Å²) in [5.74, 6) is 0.700. The Bertz CT molecular complexity index is 622. The molecule has 2 fully saturated rings. The molecule has 0 saturated carbocycles. The van der Waals surface area contributed by atoms with Crippen molar-refractivity contribution in [3.63, 3.8) is 0 Å². The van der Waals surface area contributed by atoms with Crippen molar-refractivity contribution in [2.24, 2.45) is 0 Å². The van der Waals surface area contributed by atoms with Crippen molar-refractivity contribution in [3.8, 4) is 11.8 Å². The number of ether oxygens (including phenoxy) is 1. The van der Waals surface area contributed by atoms with Gasteiger partial charge in [0.05, 0.1) is 11.6 Å². The van der Waals surface area contributed by atoms with Crippen LogP contribution in [-0.4, -0.2) is 54.0 Å². The number of hydrogen-bond donors (Lipinski definition) is 0. The summed E-state index contributed by atoms with van der Waals surface area (Å²) in [6.45, 7) is 3.77. The van der Waals surface area contributed by atoms with Gasteiger partial charge in [0, 0.05) is 18.6 Å². The van der Waals surface area contributed by atoms with Gasteiger partial charge in [0.1, 0.15) is 5.75 Å². The minimum Gasteiger partial charge on any atom is -0.481 e. The maximum atomic E-state index is 12.9. The van der Waals surface area contributed by atoms with E-state index in [4.69, 9.17) is 10.00 Å². The second kappa shape index (κ2) is 7.23. The Balaban J connectivity index is 1.64. The van der Waals surface area contributed by atoms with E-state index >= 15 is 0 Å². The first-order valence-corrected chi connectivity index (χ1v) is 8.77. The summed E-state index contributed by atoms with van der Waals surface area (Å²) in [5.41, 5.74) is 0.588. The zero-order chi connectivity index (χ0) is 17.1. The summed E-state index contributed by atoms with van der Waals surface area (Å²) in [4.78, 5) is 17.3. The molecule has 0 N–H and O–H groups in total. The molecule has 0 aliphatic carbocycles. The minimum absolute atomic E-state index is 0.0714. The summed E-state index contributed by atoms with van der Waals surface area (Å²) < 4.78 is 5.81. The lowest BCUT2D eigenvalue weighted by Gasteiger charge is -2.34. The van der Waals surface area contributed by atoms with E-state index < -0.39 is 6.10 Å². The van der Waals surface area contributed by atoms with Gasteiger partial charge in [0.25, 0.3) is 5.91 Å². The SMILES string of the molecule is C[C@H](Oc1ccc(C#N)cc1)C(=O)N1CCC[C@H]1[C@H]1CCCN1C. The first kappa shape index (κ1) is 16.8. The van der Waals surface area contributed by atoms with E-state index in [2.05, 4.69) is 18.0 Å². The van der Waals surface area contributed by atoms with Crippen molar-refractivity contribution in [1.29, 1.82) is 5.26 Å². The predicted molar refractivity (Wildman–Crippen MR) is 91.6 cm³/mol. The Hall–Kier alpha value is -2.06. The molecule has 2 heterocycles. The molecule has 5 nitrogen and oxygen atoms in total. The van der Waals surface area contributed by atoms with E-state index in [1.807, 2.05) is 11.8 Å². The number of nitrogens with zero attached hydrogens (tertiary/aromatic N) is 3. The number of carbonyl (C=O) groups is 1. The van der Waals surface area contributed by atoms with Gasteiger partial charge in [0.2, 0.25) is 0 Å². The highest BCUT2D eigenvalue weighted by molar-refractivity contribution is 5.81. The molecule has 0 aromatic heterocycles. The van der Waals surface area contributed by atoms with Crippen LogP contribution in [0.5, 0.6) is 5.75 Å². The van der Waals surface area contributed by atoms with Gasteiger partial charge in [0.15, 0.2) is 6.10 Å². The normalized spacial score (nSPS) is 25.5. The van der Waals surface area contributed by atoms with Crippen LogP contribution < -0.4 is 4.74 Å². The van der Waals surface area contributed by atoms with Crippen molar-refractivity contribution in [2.45, 2.75) is 50.8 Å². The molecule has 3 rings (SSSR count). The van der Waals surface area contributed by atoms with Crippen LogP contribution in [-0.2, 0) is 4.79 Å². The fourth-order valence-electron chi connectivity index (χ4n) is 3.98. The number of benzene rings is 1. The molecular formula is C19H25N3O2. The van der Waals surface area contributed by atoms with Crippen LogP contribution >= 0.6 is 0 Å². The standard InChI is InChI=1S/C19H25N3O2/c1-14(24-16-9-7-15(13-20)8-10-16)19(23)22-12-4-6-18(22)17-5-3-11-21(17)2/h7-10,14,17-18H,3-6,11-12H2,1-2H3/t14-,17+,18-/m0/s1. The molecule has 2 saturated heterocycles. The molecule has 128 valence electrons. The highest BCUT2D eigenvalue weighted by atomic mass is 16.5. The molecule has 0 spiro atoms. The molecule has 0 unspecified atom stereocenters. The van der Waals surface area contributed by atoms with Gasteiger partial charge in [-0.15, -0.1) is 0 Å². The Morgan fingerprint density at radius 2 is 1.88 bits per heavy atom. The third-order valence-corrected chi connectivity index (χ3v) is 5.25. The Morgan fingerprint density at radius 3 is 2.50 bits per heavy atom. The van der Waals surface area contributed by atoms with Gasteiger partial charge in [-0.05, 0) is 70.5 Å². The lowest BCUT2D eigenvalue weighted by atomic mass is 10.0. The summed E-state index contributed by atoms with van der Waals surface area (Å²) in [7, 11) is 2.16.